The van der Waals surface area contributed by atoms with E-state index in [9.17, 15) is 13.2 Å². The van der Waals surface area contributed by atoms with Crippen LogP contribution in [0.15, 0.2) is 29.2 Å². The molecule has 1 fully saturated rings. The van der Waals surface area contributed by atoms with Crippen LogP contribution >= 0.6 is 11.8 Å². The Kier molecular flexibility index (Phi) is 4.75. The Balaban J connectivity index is 1.97. The summed E-state index contributed by atoms with van der Waals surface area (Å²) in [5.41, 5.74) is 0.959. The van der Waals surface area contributed by atoms with E-state index >= 15 is 0 Å². The lowest BCUT2D eigenvalue weighted by Gasteiger charge is -2.23. The molecular formula is C14H19NO3S2. The fraction of sp³-hybridized carbons (Fsp3) is 0.500. The van der Waals surface area contributed by atoms with Gasteiger partial charge in [-0.15, -0.1) is 11.8 Å². The first-order valence-corrected chi connectivity index (χ1v) is 9.55. The smallest absolute Gasteiger partial charge is 0.227 e. The Labute approximate surface area is 124 Å². The van der Waals surface area contributed by atoms with Gasteiger partial charge in [-0.05, 0) is 30.4 Å². The van der Waals surface area contributed by atoms with Gasteiger partial charge in [-0.25, -0.2) is 8.42 Å². The number of nitrogens with zero attached hydrogens (tertiary/aromatic N) is 1. The molecule has 1 aliphatic rings. The topological polar surface area (TPSA) is 54.5 Å². The highest BCUT2D eigenvalue weighted by Crippen LogP contribution is 2.19. The second-order valence-electron chi connectivity index (χ2n) is 5.09. The van der Waals surface area contributed by atoms with Crippen molar-refractivity contribution >= 4 is 27.5 Å². The summed E-state index contributed by atoms with van der Waals surface area (Å²) in [6.07, 6.45) is 2.88. The monoisotopic (exact) mass is 313 g/mol. The average molecular weight is 313 g/mol. The number of sulfone groups is 1. The van der Waals surface area contributed by atoms with E-state index in [2.05, 4.69) is 0 Å². The van der Waals surface area contributed by atoms with E-state index in [4.69, 9.17) is 0 Å². The van der Waals surface area contributed by atoms with Crippen LogP contribution in [0.3, 0.4) is 0 Å². The molecular weight excluding hydrogens is 294 g/mol. The van der Waals surface area contributed by atoms with Crippen LogP contribution < -0.4 is 0 Å². The first kappa shape index (κ1) is 15.4. The summed E-state index contributed by atoms with van der Waals surface area (Å²) in [6, 6.07) is 7.71. The first-order valence-electron chi connectivity index (χ1n) is 6.50. The molecule has 1 aromatic rings. The zero-order valence-corrected chi connectivity index (χ0v) is 13.3. The molecule has 0 spiro atoms. The molecule has 4 nitrogen and oxygen atoms in total. The van der Waals surface area contributed by atoms with Gasteiger partial charge < -0.3 is 4.90 Å². The van der Waals surface area contributed by atoms with E-state index in [1.165, 1.54) is 0 Å². The zero-order valence-electron chi connectivity index (χ0n) is 11.7. The molecule has 1 amide bonds. The number of likely N-dealkylation sites (N-methyl/N-ethyl adjacent to an activating group) is 1. The highest BCUT2D eigenvalue weighted by molar-refractivity contribution is 7.98. The molecule has 0 radical (unpaired) electrons. The number of amides is 1. The Bertz CT molecular complexity index is 581. The third kappa shape index (κ3) is 3.76. The molecule has 0 saturated carbocycles. The van der Waals surface area contributed by atoms with Gasteiger partial charge in [0.2, 0.25) is 5.91 Å². The maximum absolute atomic E-state index is 12.2. The number of benzene rings is 1. The van der Waals surface area contributed by atoms with Crippen molar-refractivity contribution in [3.05, 3.63) is 29.8 Å². The molecule has 0 N–H and O–H groups in total. The van der Waals surface area contributed by atoms with E-state index in [1.807, 2.05) is 30.5 Å². The Morgan fingerprint density at radius 1 is 1.35 bits per heavy atom. The largest absolute Gasteiger partial charge is 0.341 e. The molecule has 1 unspecified atom stereocenters. The van der Waals surface area contributed by atoms with E-state index in [0.29, 0.717) is 12.8 Å². The van der Waals surface area contributed by atoms with Crippen molar-refractivity contribution in [3.63, 3.8) is 0 Å². The number of carbonyl (C=O) groups is 1. The molecule has 1 saturated heterocycles. The van der Waals surface area contributed by atoms with Crippen LogP contribution in [0.4, 0.5) is 0 Å². The summed E-state index contributed by atoms with van der Waals surface area (Å²) in [5, 5.41) is 0. The fourth-order valence-corrected chi connectivity index (χ4v) is 4.51. The lowest BCUT2D eigenvalue weighted by Crippen LogP contribution is -2.38. The van der Waals surface area contributed by atoms with Gasteiger partial charge in [-0.3, -0.25) is 4.79 Å². The average Bonchev–Trinajstić information content (AvgIpc) is 2.79. The van der Waals surface area contributed by atoms with Gasteiger partial charge >= 0.3 is 0 Å². The van der Waals surface area contributed by atoms with Crippen LogP contribution in [0, 0.1) is 0 Å². The predicted octanol–water partition coefficient (Wildman–Crippen LogP) is 1.60. The Morgan fingerprint density at radius 3 is 2.50 bits per heavy atom. The van der Waals surface area contributed by atoms with Crippen LogP contribution in [-0.4, -0.2) is 50.1 Å². The van der Waals surface area contributed by atoms with Gasteiger partial charge in [-0.2, -0.15) is 0 Å². The van der Waals surface area contributed by atoms with Gasteiger partial charge in [0, 0.05) is 18.0 Å². The highest BCUT2D eigenvalue weighted by atomic mass is 32.2. The quantitative estimate of drug-likeness (QED) is 0.792. The van der Waals surface area contributed by atoms with Gasteiger partial charge in [0.1, 0.15) is 0 Å². The molecule has 6 heteroatoms. The molecule has 0 aromatic heterocycles. The van der Waals surface area contributed by atoms with Gasteiger partial charge in [0.15, 0.2) is 9.84 Å². The Hall–Kier alpha value is -1.01. The van der Waals surface area contributed by atoms with Crippen LogP contribution in [0.1, 0.15) is 12.0 Å². The van der Waals surface area contributed by atoms with Crippen molar-refractivity contribution in [2.24, 2.45) is 0 Å². The standard InChI is InChI=1S/C14H19NO3S2/c1-15(12-7-8-20(17,18)10-12)14(16)9-11-3-5-13(19-2)6-4-11/h3-6,12H,7-10H2,1-2H3. The van der Waals surface area contributed by atoms with E-state index in [1.54, 1.807) is 23.7 Å². The highest BCUT2D eigenvalue weighted by Gasteiger charge is 2.32. The molecule has 20 heavy (non-hydrogen) atoms. The SMILES string of the molecule is CSc1ccc(CC(=O)N(C)C2CCS(=O)(=O)C2)cc1. The van der Waals surface area contributed by atoms with Crippen LogP contribution in [0.2, 0.25) is 0 Å². The molecule has 1 atom stereocenters. The summed E-state index contributed by atoms with van der Waals surface area (Å²) < 4.78 is 22.9. The third-order valence-corrected chi connectivity index (χ3v) is 6.16. The van der Waals surface area contributed by atoms with Gasteiger partial charge in [0.25, 0.3) is 0 Å². The minimum atomic E-state index is -2.95. The predicted molar refractivity (Wildman–Crippen MR) is 81.8 cm³/mol. The van der Waals surface area contributed by atoms with Crippen molar-refractivity contribution in [1.29, 1.82) is 0 Å². The number of carbonyl (C=O) groups excluding carboxylic acids is 1. The van der Waals surface area contributed by atoms with E-state index < -0.39 is 9.84 Å². The molecule has 1 heterocycles. The van der Waals surface area contributed by atoms with Crippen LogP contribution in [0.5, 0.6) is 0 Å². The second-order valence-corrected chi connectivity index (χ2v) is 8.19. The third-order valence-electron chi connectivity index (χ3n) is 3.66. The van der Waals surface area contributed by atoms with Crippen LogP contribution in [-0.2, 0) is 21.1 Å². The Morgan fingerprint density at radius 2 is 2.00 bits per heavy atom. The van der Waals surface area contributed by atoms with E-state index in [0.717, 1.165) is 10.5 Å². The molecule has 0 bridgehead atoms. The fourth-order valence-electron chi connectivity index (χ4n) is 2.33. The normalized spacial score (nSPS) is 20.8. The number of hydrogen-bond acceptors (Lipinski definition) is 4. The second kappa shape index (κ2) is 6.18. The number of hydrogen-bond donors (Lipinski definition) is 0. The maximum Gasteiger partial charge on any atom is 0.227 e. The van der Waals surface area contributed by atoms with Crippen molar-refractivity contribution in [2.75, 3.05) is 24.8 Å². The molecule has 2 rings (SSSR count). The van der Waals surface area contributed by atoms with Gasteiger partial charge in [-0.1, -0.05) is 12.1 Å². The molecule has 1 aliphatic heterocycles. The van der Waals surface area contributed by atoms with Crippen molar-refractivity contribution in [3.8, 4) is 0 Å². The molecule has 110 valence electrons. The summed E-state index contributed by atoms with van der Waals surface area (Å²) in [7, 11) is -1.25. The van der Waals surface area contributed by atoms with Crippen molar-refractivity contribution in [1.82, 2.24) is 4.90 Å². The van der Waals surface area contributed by atoms with Gasteiger partial charge in [0.05, 0.1) is 17.9 Å². The lowest BCUT2D eigenvalue weighted by molar-refractivity contribution is -0.130. The first-order chi connectivity index (χ1) is 9.41. The summed E-state index contributed by atoms with van der Waals surface area (Å²) in [4.78, 5) is 14.9. The minimum Gasteiger partial charge on any atom is -0.341 e. The summed E-state index contributed by atoms with van der Waals surface area (Å²) in [5.74, 6) is 0.266. The zero-order chi connectivity index (χ0) is 14.8. The molecule has 0 aliphatic carbocycles. The number of rotatable bonds is 4. The molecule has 1 aromatic carbocycles. The van der Waals surface area contributed by atoms with Crippen molar-refractivity contribution < 1.29 is 13.2 Å². The summed E-state index contributed by atoms with van der Waals surface area (Å²) in [6.45, 7) is 0. The van der Waals surface area contributed by atoms with Crippen LogP contribution in [0.25, 0.3) is 0 Å². The minimum absolute atomic E-state index is 0.0241. The number of thioether (sulfide) groups is 1. The summed E-state index contributed by atoms with van der Waals surface area (Å²) >= 11 is 1.66. The van der Waals surface area contributed by atoms with Crippen molar-refractivity contribution in [2.45, 2.75) is 23.8 Å². The van der Waals surface area contributed by atoms with E-state index in [-0.39, 0.29) is 23.5 Å². The maximum atomic E-state index is 12.2. The lowest BCUT2D eigenvalue weighted by atomic mass is 10.1.